The van der Waals surface area contributed by atoms with E-state index in [1.165, 1.54) is 0 Å². The predicted molar refractivity (Wildman–Crippen MR) is 87.1 cm³/mol. The molecule has 2 N–H and O–H groups in total. The SMILES string of the molecule is CCC(O)C1CC(NCCC(C)C)CN(C(=O)C(C)C)C1. The molecule has 1 rings (SSSR count). The standard InChI is InChI=1S/C17H34N2O2/c1-6-16(20)14-9-15(18-8-7-12(2)3)11-19(10-14)17(21)13(4)5/h12-16,18,20H,6-11H2,1-5H3. The summed E-state index contributed by atoms with van der Waals surface area (Å²) < 4.78 is 0. The molecule has 21 heavy (non-hydrogen) atoms. The van der Waals surface area contributed by atoms with Gasteiger partial charge in [0.15, 0.2) is 0 Å². The highest BCUT2D eigenvalue weighted by Gasteiger charge is 2.33. The molecule has 0 spiro atoms. The molecule has 3 atom stereocenters. The zero-order valence-electron chi connectivity index (χ0n) is 14.4. The normalized spacial score (nSPS) is 24.7. The van der Waals surface area contributed by atoms with Gasteiger partial charge in [-0.05, 0) is 31.7 Å². The summed E-state index contributed by atoms with van der Waals surface area (Å²) >= 11 is 0. The van der Waals surface area contributed by atoms with E-state index in [2.05, 4.69) is 19.2 Å². The molecule has 0 saturated carbocycles. The van der Waals surface area contributed by atoms with Crippen LogP contribution in [0.1, 0.15) is 53.9 Å². The Labute approximate surface area is 130 Å². The predicted octanol–water partition coefficient (Wildman–Crippen LogP) is 2.27. The highest BCUT2D eigenvalue weighted by atomic mass is 16.3. The van der Waals surface area contributed by atoms with Crippen LogP contribution in [-0.2, 0) is 4.79 Å². The van der Waals surface area contributed by atoms with E-state index in [-0.39, 0.29) is 23.8 Å². The van der Waals surface area contributed by atoms with E-state index in [0.29, 0.717) is 18.5 Å². The summed E-state index contributed by atoms with van der Waals surface area (Å²) in [6, 6.07) is 0.311. The molecule has 0 bridgehead atoms. The molecule has 0 aromatic carbocycles. The first-order chi connectivity index (χ1) is 9.85. The average Bonchev–Trinajstić information content (AvgIpc) is 2.44. The van der Waals surface area contributed by atoms with Crippen molar-refractivity contribution in [3.63, 3.8) is 0 Å². The van der Waals surface area contributed by atoms with Crippen LogP contribution in [0.4, 0.5) is 0 Å². The van der Waals surface area contributed by atoms with Gasteiger partial charge in [-0.25, -0.2) is 0 Å². The first-order valence-corrected chi connectivity index (χ1v) is 8.55. The van der Waals surface area contributed by atoms with Gasteiger partial charge >= 0.3 is 0 Å². The fraction of sp³-hybridized carbons (Fsp3) is 0.941. The van der Waals surface area contributed by atoms with Crippen LogP contribution in [0.25, 0.3) is 0 Å². The fourth-order valence-electron chi connectivity index (χ4n) is 3.02. The number of hydrogen-bond donors (Lipinski definition) is 2. The van der Waals surface area contributed by atoms with Gasteiger partial charge in [-0.1, -0.05) is 34.6 Å². The Morgan fingerprint density at radius 2 is 1.95 bits per heavy atom. The van der Waals surface area contributed by atoms with E-state index in [0.717, 1.165) is 32.4 Å². The summed E-state index contributed by atoms with van der Waals surface area (Å²) in [5.41, 5.74) is 0. The molecule has 0 aromatic rings. The monoisotopic (exact) mass is 298 g/mol. The molecule has 0 aromatic heterocycles. The van der Waals surface area contributed by atoms with E-state index < -0.39 is 0 Å². The zero-order valence-corrected chi connectivity index (χ0v) is 14.4. The van der Waals surface area contributed by atoms with Crippen molar-refractivity contribution in [1.82, 2.24) is 10.2 Å². The number of hydrogen-bond acceptors (Lipinski definition) is 3. The number of carbonyl (C=O) groups is 1. The molecule has 124 valence electrons. The molecule has 1 amide bonds. The molecule has 0 radical (unpaired) electrons. The van der Waals surface area contributed by atoms with E-state index >= 15 is 0 Å². The minimum atomic E-state index is -0.304. The third kappa shape index (κ3) is 5.95. The van der Waals surface area contributed by atoms with Crippen molar-refractivity contribution in [2.75, 3.05) is 19.6 Å². The summed E-state index contributed by atoms with van der Waals surface area (Å²) in [5.74, 6) is 1.12. The van der Waals surface area contributed by atoms with Crippen LogP contribution in [-0.4, -0.2) is 47.7 Å². The van der Waals surface area contributed by atoms with E-state index in [4.69, 9.17) is 0 Å². The number of nitrogens with zero attached hydrogens (tertiary/aromatic N) is 1. The molecule has 4 heteroatoms. The third-order valence-corrected chi connectivity index (χ3v) is 4.41. The number of carbonyl (C=O) groups excluding carboxylic acids is 1. The lowest BCUT2D eigenvalue weighted by atomic mass is 9.87. The van der Waals surface area contributed by atoms with Crippen molar-refractivity contribution < 1.29 is 9.90 Å². The second-order valence-corrected chi connectivity index (χ2v) is 7.20. The Hall–Kier alpha value is -0.610. The van der Waals surface area contributed by atoms with Gasteiger partial charge in [0.05, 0.1) is 6.10 Å². The van der Waals surface area contributed by atoms with Crippen LogP contribution in [0.2, 0.25) is 0 Å². The van der Waals surface area contributed by atoms with E-state index in [9.17, 15) is 9.90 Å². The summed E-state index contributed by atoms with van der Waals surface area (Å²) in [7, 11) is 0. The molecular formula is C17H34N2O2. The molecule has 3 unspecified atom stereocenters. The maximum absolute atomic E-state index is 12.3. The zero-order chi connectivity index (χ0) is 16.0. The quantitative estimate of drug-likeness (QED) is 0.758. The van der Waals surface area contributed by atoms with Gasteiger partial charge in [-0.2, -0.15) is 0 Å². The second-order valence-electron chi connectivity index (χ2n) is 7.20. The molecule has 1 aliphatic rings. The molecule has 1 saturated heterocycles. The summed E-state index contributed by atoms with van der Waals surface area (Å²) in [5, 5.41) is 13.8. The van der Waals surface area contributed by atoms with E-state index in [1.807, 2.05) is 25.7 Å². The van der Waals surface area contributed by atoms with Crippen molar-refractivity contribution in [1.29, 1.82) is 0 Å². The average molecular weight is 298 g/mol. The van der Waals surface area contributed by atoms with Crippen LogP contribution in [0.15, 0.2) is 0 Å². The summed E-state index contributed by atoms with van der Waals surface area (Å²) in [4.78, 5) is 14.2. The van der Waals surface area contributed by atoms with Crippen LogP contribution in [0.3, 0.4) is 0 Å². The molecule has 4 nitrogen and oxygen atoms in total. The Bertz CT molecular complexity index is 318. The van der Waals surface area contributed by atoms with Crippen LogP contribution >= 0.6 is 0 Å². The van der Waals surface area contributed by atoms with Gasteiger partial charge in [0.2, 0.25) is 5.91 Å². The number of aliphatic hydroxyl groups excluding tert-OH is 1. The topological polar surface area (TPSA) is 52.6 Å². The van der Waals surface area contributed by atoms with Crippen molar-refractivity contribution >= 4 is 5.91 Å². The van der Waals surface area contributed by atoms with Gasteiger partial charge < -0.3 is 15.3 Å². The molecule has 0 aliphatic carbocycles. The van der Waals surface area contributed by atoms with Crippen molar-refractivity contribution in [3.05, 3.63) is 0 Å². The lowest BCUT2D eigenvalue weighted by Gasteiger charge is -2.40. The van der Waals surface area contributed by atoms with Gasteiger partial charge in [-0.3, -0.25) is 4.79 Å². The van der Waals surface area contributed by atoms with E-state index in [1.54, 1.807) is 0 Å². The Balaban J connectivity index is 2.63. The first kappa shape index (κ1) is 18.4. The maximum atomic E-state index is 12.3. The number of likely N-dealkylation sites (tertiary alicyclic amines) is 1. The van der Waals surface area contributed by atoms with Gasteiger partial charge in [0, 0.05) is 31.0 Å². The highest BCUT2D eigenvalue weighted by molar-refractivity contribution is 5.78. The maximum Gasteiger partial charge on any atom is 0.225 e. The van der Waals surface area contributed by atoms with Crippen LogP contribution in [0, 0.1) is 17.8 Å². The number of rotatable bonds is 7. The number of piperidine rings is 1. The second kappa shape index (κ2) is 8.74. The Morgan fingerprint density at radius 3 is 2.48 bits per heavy atom. The number of aliphatic hydroxyl groups is 1. The minimum absolute atomic E-state index is 0.0267. The third-order valence-electron chi connectivity index (χ3n) is 4.41. The largest absolute Gasteiger partial charge is 0.393 e. The molecule has 1 aliphatic heterocycles. The van der Waals surface area contributed by atoms with Gasteiger partial charge in [0.1, 0.15) is 0 Å². The van der Waals surface area contributed by atoms with Crippen LogP contribution in [0.5, 0.6) is 0 Å². The van der Waals surface area contributed by atoms with Gasteiger partial charge in [0.25, 0.3) is 0 Å². The van der Waals surface area contributed by atoms with Crippen molar-refractivity contribution in [3.8, 4) is 0 Å². The Kier molecular flexibility index (Phi) is 7.67. The molecular weight excluding hydrogens is 264 g/mol. The van der Waals surface area contributed by atoms with Crippen LogP contribution < -0.4 is 5.32 Å². The van der Waals surface area contributed by atoms with Crippen molar-refractivity contribution in [2.24, 2.45) is 17.8 Å². The van der Waals surface area contributed by atoms with Gasteiger partial charge in [-0.15, -0.1) is 0 Å². The van der Waals surface area contributed by atoms with Crippen molar-refractivity contribution in [2.45, 2.75) is 66.0 Å². The number of amides is 1. The fourth-order valence-corrected chi connectivity index (χ4v) is 3.02. The lowest BCUT2D eigenvalue weighted by molar-refractivity contribution is -0.138. The Morgan fingerprint density at radius 1 is 1.29 bits per heavy atom. The summed E-state index contributed by atoms with van der Waals surface area (Å²) in [6.45, 7) is 12.8. The number of nitrogens with one attached hydrogen (secondary N) is 1. The molecule has 1 fully saturated rings. The minimum Gasteiger partial charge on any atom is -0.393 e. The molecule has 1 heterocycles. The smallest absolute Gasteiger partial charge is 0.225 e. The summed E-state index contributed by atoms with van der Waals surface area (Å²) in [6.07, 6.45) is 2.57. The lowest BCUT2D eigenvalue weighted by Crippen LogP contribution is -2.54. The highest BCUT2D eigenvalue weighted by Crippen LogP contribution is 2.23. The first-order valence-electron chi connectivity index (χ1n) is 8.55.